The Morgan fingerprint density at radius 1 is 0.571 bits per heavy atom. The molecule has 0 heterocycles. The number of rotatable bonds is 0. The molecular formula is H12N3SbSi3. The van der Waals surface area contributed by atoms with Crippen molar-refractivity contribution in [2.24, 2.45) is 0 Å². The van der Waals surface area contributed by atoms with E-state index in [0.29, 0.717) is 31.2 Å². The molecule has 0 saturated carbocycles. The maximum atomic E-state index is 5.89. The number of hydrogen-bond acceptors (Lipinski definition) is 0. The molecule has 44 valence electrons. The van der Waals surface area contributed by atoms with Crippen LogP contribution in [0.1, 0.15) is 0 Å². The second kappa shape index (κ2) is 163. The van der Waals surface area contributed by atoms with E-state index in [1.165, 1.54) is 0 Å². The van der Waals surface area contributed by atoms with Gasteiger partial charge in [-0.2, -0.15) is 0 Å². The maximum Gasteiger partial charge on any atom is 3.00 e. The Morgan fingerprint density at radius 2 is 0.571 bits per heavy atom. The zero-order chi connectivity index (χ0) is 6.00. The van der Waals surface area contributed by atoms with Gasteiger partial charge >= 0.3 is 24.4 Å². The quantitative estimate of drug-likeness (QED) is 0.435. The summed E-state index contributed by atoms with van der Waals surface area (Å²) in [4.78, 5) is 0. The van der Waals surface area contributed by atoms with Crippen molar-refractivity contribution in [3.8, 4) is 0 Å². The van der Waals surface area contributed by atoms with Crippen LogP contribution in [0.15, 0.2) is 0 Å². The predicted octanol–water partition coefficient (Wildman–Crippen LogP) is -2.42. The maximum absolute atomic E-state index is 5.89. The van der Waals surface area contributed by atoms with Crippen LogP contribution in [0.4, 0.5) is 0 Å². The van der Waals surface area contributed by atoms with Crippen molar-refractivity contribution in [3.63, 3.8) is 0 Å². The smallest absolute Gasteiger partial charge is 0.687 e. The summed E-state index contributed by atoms with van der Waals surface area (Å²) in [5.74, 6) is 0. The summed E-state index contributed by atoms with van der Waals surface area (Å²) in [6.45, 7) is 0. The van der Waals surface area contributed by atoms with Crippen molar-refractivity contribution in [2.75, 3.05) is 0 Å². The Morgan fingerprint density at radius 3 is 0.571 bits per heavy atom. The molecular weight excluding hydrogens is 248 g/mol. The van der Waals surface area contributed by atoms with Gasteiger partial charge in [0, 0.05) is 0 Å². The molecule has 0 aliphatic carbocycles. The van der Waals surface area contributed by atoms with Crippen LogP contribution in [0.2, 0.25) is 0 Å². The third-order valence-electron chi connectivity index (χ3n) is 0. The van der Waals surface area contributed by atoms with E-state index in [4.69, 9.17) is 16.2 Å². The average molecular weight is 260 g/mol. The average Bonchev–Trinajstić information content (AvgIpc) is 1.81. The SMILES string of the molecule is [NH-][SiH3].[NH-][SiH3].[NH-][SiH3].[Sb+3]. The molecule has 7 heavy (non-hydrogen) atoms. The zero-order valence-electron chi connectivity index (χ0n) is 4.95. The van der Waals surface area contributed by atoms with E-state index in [2.05, 4.69) is 0 Å². The molecule has 0 spiro atoms. The minimum absolute atomic E-state index is 0. The van der Waals surface area contributed by atoms with Gasteiger partial charge in [-0.1, -0.05) is 0 Å². The van der Waals surface area contributed by atoms with E-state index in [1.807, 2.05) is 0 Å². The third kappa shape index (κ3) is 116. The Bertz CT molecular complexity index is 10.1. The van der Waals surface area contributed by atoms with E-state index in [-0.39, 0.29) is 24.4 Å². The van der Waals surface area contributed by atoms with Crippen LogP contribution in [-0.4, -0.2) is 55.6 Å². The normalized spacial score (nSPS) is 3.86. The first-order chi connectivity index (χ1) is 3.00. The van der Waals surface area contributed by atoms with Crippen LogP contribution in [0.25, 0.3) is 16.2 Å². The minimum Gasteiger partial charge on any atom is -0.687 e. The third-order valence-corrected chi connectivity index (χ3v) is 0. The molecule has 0 rings (SSSR count). The van der Waals surface area contributed by atoms with Gasteiger partial charge in [0.1, 0.15) is 0 Å². The van der Waals surface area contributed by atoms with Gasteiger partial charge in [-0.15, -0.1) is 31.2 Å². The van der Waals surface area contributed by atoms with Crippen LogP contribution in [0, 0.1) is 0 Å². The summed E-state index contributed by atoms with van der Waals surface area (Å²) >= 11 is 0. The molecule has 7 heteroatoms. The molecule has 3 N–H and O–H groups in total. The van der Waals surface area contributed by atoms with Crippen LogP contribution in [0.5, 0.6) is 0 Å². The summed E-state index contributed by atoms with van der Waals surface area (Å²) < 4.78 is 0. The largest absolute Gasteiger partial charge is 3.00 e. The molecule has 0 aromatic rings. The topological polar surface area (TPSA) is 71.4 Å². The molecule has 0 aromatic heterocycles. The summed E-state index contributed by atoms with van der Waals surface area (Å²) in [6.07, 6.45) is 0. The van der Waals surface area contributed by atoms with Crippen LogP contribution in [-0.2, 0) is 0 Å². The molecule has 0 bridgehead atoms. The second-order valence-corrected chi connectivity index (χ2v) is 0. The van der Waals surface area contributed by atoms with E-state index in [0.717, 1.165) is 0 Å². The van der Waals surface area contributed by atoms with Crippen molar-refractivity contribution in [1.82, 2.24) is 0 Å². The van der Waals surface area contributed by atoms with E-state index in [1.54, 1.807) is 0 Å². The Kier molecular flexibility index (Phi) is 555. The van der Waals surface area contributed by atoms with Crippen molar-refractivity contribution in [1.29, 1.82) is 0 Å². The van der Waals surface area contributed by atoms with Gasteiger partial charge in [-0.25, -0.2) is 0 Å². The Balaban J connectivity index is -0.00000000900. The zero-order valence-corrected chi connectivity index (χ0v) is 13.5. The summed E-state index contributed by atoms with van der Waals surface area (Å²) in [7, 11) is 1.67. The molecule has 0 amide bonds. The summed E-state index contributed by atoms with van der Waals surface area (Å²) in [6, 6.07) is 0. The fraction of sp³-hybridized carbons (Fsp3) is 0. The Hall–Kier alpha value is 1.35. The molecule has 3 nitrogen and oxygen atoms in total. The minimum atomic E-state index is 0. The summed E-state index contributed by atoms with van der Waals surface area (Å²) in [5, 5.41) is 17.7. The van der Waals surface area contributed by atoms with Gasteiger partial charge < -0.3 is 16.2 Å². The molecule has 0 unspecified atom stereocenters. The number of hydrogen-bond donors (Lipinski definition) is 0. The molecule has 0 aliphatic heterocycles. The number of nitrogens with one attached hydrogen (secondary N) is 3. The fourth-order valence-corrected chi connectivity index (χ4v) is 0. The first-order valence-electron chi connectivity index (χ1n) is 1.50. The molecule has 0 aromatic carbocycles. The van der Waals surface area contributed by atoms with Crippen molar-refractivity contribution in [3.05, 3.63) is 16.2 Å². The monoisotopic (exact) mass is 259 g/mol. The van der Waals surface area contributed by atoms with Gasteiger partial charge in [0.25, 0.3) is 0 Å². The first kappa shape index (κ1) is 23.8. The predicted molar refractivity (Wildman–Crippen MR) is 48.5 cm³/mol. The van der Waals surface area contributed by atoms with Gasteiger partial charge in [0.05, 0.1) is 0 Å². The van der Waals surface area contributed by atoms with E-state index in [9.17, 15) is 0 Å². The van der Waals surface area contributed by atoms with Gasteiger partial charge in [-0.3, -0.25) is 0 Å². The van der Waals surface area contributed by atoms with Crippen LogP contribution < -0.4 is 0 Å². The molecule has 2 radical (unpaired) electrons. The Labute approximate surface area is 71.7 Å². The molecule has 0 saturated heterocycles. The van der Waals surface area contributed by atoms with Crippen molar-refractivity contribution in [2.45, 2.75) is 0 Å². The molecule has 0 fully saturated rings. The van der Waals surface area contributed by atoms with Crippen molar-refractivity contribution >= 4 is 55.6 Å². The van der Waals surface area contributed by atoms with E-state index >= 15 is 0 Å². The van der Waals surface area contributed by atoms with Crippen molar-refractivity contribution < 1.29 is 0 Å². The molecule has 0 aliphatic rings. The second-order valence-electron chi connectivity index (χ2n) is 0. The van der Waals surface area contributed by atoms with Crippen LogP contribution in [0.3, 0.4) is 0 Å². The van der Waals surface area contributed by atoms with E-state index < -0.39 is 0 Å². The summed E-state index contributed by atoms with van der Waals surface area (Å²) in [5.41, 5.74) is 0. The van der Waals surface area contributed by atoms with Gasteiger partial charge in [0.2, 0.25) is 0 Å². The molecule has 0 atom stereocenters. The standard InChI is InChI=1S/3H4NSi.Sb/c3*1-2;/h3*1H,2H3;/q3*-1;+3. The van der Waals surface area contributed by atoms with Crippen LogP contribution >= 0.6 is 0 Å². The fourth-order valence-electron chi connectivity index (χ4n) is 0. The van der Waals surface area contributed by atoms with Gasteiger partial charge in [0.15, 0.2) is 0 Å². The first-order valence-corrected chi connectivity index (χ1v) is 4.50. The van der Waals surface area contributed by atoms with Gasteiger partial charge in [-0.05, 0) is 0 Å².